The molecular formula is C22H17ClN2O3. The van der Waals surface area contributed by atoms with Gasteiger partial charge in [0.25, 0.3) is 5.91 Å². The molecule has 0 saturated heterocycles. The Bertz CT molecular complexity index is 1010. The molecule has 5 nitrogen and oxygen atoms in total. The third kappa shape index (κ3) is 5.05. The number of hydrazone groups is 1. The van der Waals surface area contributed by atoms with Gasteiger partial charge in [-0.05, 0) is 72.6 Å². The maximum atomic E-state index is 12.2. The molecule has 3 aromatic carbocycles. The Morgan fingerprint density at radius 2 is 1.64 bits per heavy atom. The Morgan fingerprint density at radius 3 is 2.32 bits per heavy atom. The molecule has 0 aromatic heterocycles. The maximum Gasteiger partial charge on any atom is 0.343 e. The van der Waals surface area contributed by atoms with Crippen molar-refractivity contribution in [3.05, 3.63) is 100 Å². The average molecular weight is 393 g/mol. The van der Waals surface area contributed by atoms with Crippen molar-refractivity contribution in [1.82, 2.24) is 5.43 Å². The van der Waals surface area contributed by atoms with Crippen molar-refractivity contribution in [2.45, 2.75) is 6.92 Å². The van der Waals surface area contributed by atoms with Crippen molar-refractivity contribution < 1.29 is 14.3 Å². The number of amides is 1. The first-order valence-electron chi connectivity index (χ1n) is 8.50. The van der Waals surface area contributed by atoms with Crippen LogP contribution in [0.2, 0.25) is 5.02 Å². The first-order valence-corrected chi connectivity index (χ1v) is 8.87. The summed E-state index contributed by atoms with van der Waals surface area (Å²) in [7, 11) is 0. The van der Waals surface area contributed by atoms with Gasteiger partial charge < -0.3 is 4.74 Å². The minimum atomic E-state index is -0.408. The van der Waals surface area contributed by atoms with E-state index in [-0.39, 0.29) is 5.91 Å². The fraction of sp³-hybridized carbons (Fsp3) is 0.0455. The van der Waals surface area contributed by atoms with Crippen molar-refractivity contribution in [3.63, 3.8) is 0 Å². The van der Waals surface area contributed by atoms with Gasteiger partial charge in [-0.3, -0.25) is 4.79 Å². The number of rotatable bonds is 5. The van der Waals surface area contributed by atoms with Gasteiger partial charge in [-0.15, -0.1) is 0 Å². The summed E-state index contributed by atoms with van der Waals surface area (Å²) in [5.41, 5.74) is 5.02. The van der Waals surface area contributed by atoms with Gasteiger partial charge in [-0.25, -0.2) is 10.2 Å². The van der Waals surface area contributed by atoms with Crippen molar-refractivity contribution in [1.29, 1.82) is 0 Å². The zero-order valence-electron chi connectivity index (χ0n) is 15.1. The molecule has 28 heavy (non-hydrogen) atoms. The molecule has 3 aromatic rings. The van der Waals surface area contributed by atoms with Crippen LogP contribution < -0.4 is 10.2 Å². The normalized spacial score (nSPS) is 10.6. The molecule has 0 heterocycles. The molecular weight excluding hydrogens is 376 g/mol. The number of nitrogens with zero attached hydrogens (tertiary/aromatic N) is 1. The number of carbonyl (C=O) groups is 2. The van der Waals surface area contributed by atoms with E-state index in [1.54, 1.807) is 60.7 Å². The number of hydrogen-bond acceptors (Lipinski definition) is 4. The van der Waals surface area contributed by atoms with Crippen molar-refractivity contribution in [2.24, 2.45) is 5.10 Å². The smallest absolute Gasteiger partial charge is 0.343 e. The second-order valence-electron chi connectivity index (χ2n) is 5.98. The summed E-state index contributed by atoms with van der Waals surface area (Å²) in [5.74, 6) is -0.318. The molecule has 0 aliphatic heterocycles. The van der Waals surface area contributed by atoms with Crippen molar-refractivity contribution in [2.75, 3.05) is 0 Å². The van der Waals surface area contributed by atoms with E-state index in [4.69, 9.17) is 16.3 Å². The van der Waals surface area contributed by atoms with Crippen LogP contribution in [-0.4, -0.2) is 18.1 Å². The van der Waals surface area contributed by atoms with E-state index < -0.39 is 5.97 Å². The van der Waals surface area contributed by atoms with E-state index in [1.807, 2.05) is 19.1 Å². The summed E-state index contributed by atoms with van der Waals surface area (Å²) in [6, 6.07) is 20.5. The molecule has 140 valence electrons. The Kier molecular flexibility index (Phi) is 6.19. The number of ether oxygens (including phenoxy) is 1. The van der Waals surface area contributed by atoms with Crippen molar-refractivity contribution >= 4 is 29.7 Å². The van der Waals surface area contributed by atoms with Crippen LogP contribution in [0, 0.1) is 6.92 Å². The molecule has 0 radical (unpaired) electrons. The minimum absolute atomic E-state index is 0.336. The van der Waals surface area contributed by atoms with E-state index in [1.165, 1.54) is 6.21 Å². The van der Waals surface area contributed by atoms with Gasteiger partial charge in [0, 0.05) is 10.6 Å². The largest absolute Gasteiger partial charge is 0.423 e. The zero-order chi connectivity index (χ0) is 19.9. The van der Waals surface area contributed by atoms with Gasteiger partial charge in [0.2, 0.25) is 0 Å². The molecule has 0 aliphatic carbocycles. The van der Waals surface area contributed by atoms with E-state index >= 15 is 0 Å². The van der Waals surface area contributed by atoms with Gasteiger partial charge in [0.1, 0.15) is 5.75 Å². The van der Waals surface area contributed by atoms with Crippen LogP contribution in [0.3, 0.4) is 0 Å². The van der Waals surface area contributed by atoms with Crippen LogP contribution >= 0.6 is 11.6 Å². The first-order chi connectivity index (χ1) is 13.5. The molecule has 1 N–H and O–H groups in total. The van der Waals surface area contributed by atoms with E-state index in [0.717, 1.165) is 11.1 Å². The third-order valence-corrected chi connectivity index (χ3v) is 4.19. The zero-order valence-corrected chi connectivity index (χ0v) is 15.8. The highest BCUT2D eigenvalue weighted by molar-refractivity contribution is 6.30. The molecule has 0 spiro atoms. The number of aryl methyl sites for hydroxylation is 1. The molecule has 0 unspecified atom stereocenters. The summed E-state index contributed by atoms with van der Waals surface area (Å²) >= 11 is 5.79. The molecule has 3 rings (SSSR count). The van der Waals surface area contributed by atoms with E-state index in [0.29, 0.717) is 21.9 Å². The maximum absolute atomic E-state index is 12.2. The molecule has 0 aliphatic rings. The number of carbonyl (C=O) groups excluding carboxylic acids is 2. The fourth-order valence-corrected chi connectivity index (χ4v) is 2.54. The lowest BCUT2D eigenvalue weighted by Gasteiger charge is -2.06. The number of benzene rings is 3. The van der Waals surface area contributed by atoms with Gasteiger partial charge in [-0.2, -0.15) is 5.10 Å². The lowest BCUT2D eigenvalue weighted by molar-refractivity contribution is 0.0733. The highest BCUT2D eigenvalue weighted by atomic mass is 35.5. The highest BCUT2D eigenvalue weighted by Crippen LogP contribution is 2.15. The molecule has 0 bridgehead atoms. The average Bonchev–Trinajstić information content (AvgIpc) is 2.70. The summed E-state index contributed by atoms with van der Waals surface area (Å²) in [4.78, 5) is 24.2. The minimum Gasteiger partial charge on any atom is -0.423 e. The molecule has 0 fully saturated rings. The predicted octanol–water partition coefficient (Wildman–Crippen LogP) is 4.63. The summed E-state index contributed by atoms with van der Waals surface area (Å²) in [6.07, 6.45) is 1.50. The highest BCUT2D eigenvalue weighted by Gasteiger charge is 2.10. The Balaban J connectivity index is 1.57. The van der Waals surface area contributed by atoms with Gasteiger partial charge in [0.05, 0.1) is 11.8 Å². The van der Waals surface area contributed by atoms with Crippen LogP contribution in [0.4, 0.5) is 0 Å². The topological polar surface area (TPSA) is 67.8 Å². The van der Waals surface area contributed by atoms with Crippen LogP contribution in [-0.2, 0) is 0 Å². The van der Waals surface area contributed by atoms with E-state index in [2.05, 4.69) is 10.5 Å². The number of hydrogen-bond donors (Lipinski definition) is 1. The molecule has 6 heteroatoms. The SMILES string of the molecule is Cc1ccccc1C(=O)Oc1ccc(/C=N/NC(=O)c2ccc(Cl)cc2)cc1. The number of esters is 1. The van der Waals surface area contributed by atoms with Gasteiger partial charge in [-0.1, -0.05) is 29.8 Å². The Morgan fingerprint density at radius 1 is 0.964 bits per heavy atom. The monoisotopic (exact) mass is 392 g/mol. The van der Waals surface area contributed by atoms with E-state index in [9.17, 15) is 9.59 Å². The molecule has 1 amide bonds. The lowest BCUT2D eigenvalue weighted by Crippen LogP contribution is -2.17. The van der Waals surface area contributed by atoms with Gasteiger partial charge >= 0.3 is 5.97 Å². The number of halogens is 1. The summed E-state index contributed by atoms with van der Waals surface area (Å²) in [6.45, 7) is 1.86. The van der Waals surface area contributed by atoms with Crippen LogP contribution in [0.1, 0.15) is 31.8 Å². The predicted molar refractivity (Wildman–Crippen MR) is 109 cm³/mol. The Hall–Kier alpha value is -3.44. The number of nitrogens with one attached hydrogen (secondary N) is 1. The van der Waals surface area contributed by atoms with Crippen LogP contribution in [0.25, 0.3) is 0 Å². The summed E-state index contributed by atoms with van der Waals surface area (Å²) in [5, 5.41) is 4.48. The quantitative estimate of drug-likeness (QED) is 0.298. The molecule has 0 atom stereocenters. The second kappa shape index (κ2) is 8.97. The Labute approximate surface area is 167 Å². The first kappa shape index (κ1) is 19.3. The standard InChI is InChI=1S/C22H17ClN2O3/c1-15-4-2-3-5-20(15)22(27)28-19-12-6-16(7-13-19)14-24-25-21(26)17-8-10-18(23)11-9-17/h2-14H,1H3,(H,25,26)/b24-14+. The molecule has 0 saturated carbocycles. The fourth-order valence-electron chi connectivity index (χ4n) is 2.42. The lowest BCUT2D eigenvalue weighted by atomic mass is 10.1. The van der Waals surface area contributed by atoms with Crippen molar-refractivity contribution in [3.8, 4) is 5.75 Å². The summed E-state index contributed by atoms with van der Waals surface area (Å²) < 4.78 is 5.38. The van der Waals surface area contributed by atoms with Crippen LogP contribution in [0.15, 0.2) is 77.9 Å². The van der Waals surface area contributed by atoms with Crippen LogP contribution in [0.5, 0.6) is 5.75 Å². The second-order valence-corrected chi connectivity index (χ2v) is 6.42. The van der Waals surface area contributed by atoms with Gasteiger partial charge in [0.15, 0.2) is 0 Å². The third-order valence-electron chi connectivity index (χ3n) is 3.94.